The van der Waals surface area contributed by atoms with Gasteiger partial charge in [0.2, 0.25) is 0 Å². The van der Waals surface area contributed by atoms with E-state index < -0.39 is 24.4 Å². The summed E-state index contributed by atoms with van der Waals surface area (Å²) in [6, 6.07) is 0. The van der Waals surface area contributed by atoms with E-state index in [4.69, 9.17) is 9.47 Å². The van der Waals surface area contributed by atoms with Crippen LogP contribution in [0.4, 0.5) is 0 Å². The summed E-state index contributed by atoms with van der Waals surface area (Å²) in [6.45, 7) is 0. The first-order chi connectivity index (χ1) is 4.79. The second kappa shape index (κ2) is 1.17. The Balaban J connectivity index is 2.01. The van der Waals surface area contributed by atoms with E-state index in [1.165, 1.54) is 0 Å². The molecule has 2 aliphatic heterocycles. The highest BCUT2D eigenvalue weighted by Gasteiger charge is 2.68. The van der Waals surface area contributed by atoms with E-state index in [1.54, 1.807) is 0 Å². The molecule has 0 bridgehead atoms. The van der Waals surface area contributed by atoms with Crippen LogP contribution in [0.2, 0.25) is 0 Å². The molecule has 2 saturated heterocycles. The number of carbonyl (C=O) groups is 2. The van der Waals surface area contributed by atoms with Crippen molar-refractivity contribution >= 4 is 11.6 Å². The molecule has 3 rings (SSSR count). The van der Waals surface area contributed by atoms with Crippen molar-refractivity contribution in [2.45, 2.75) is 24.4 Å². The first kappa shape index (κ1) is 4.98. The molecular weight excluding hydrogens is 136 g/mol. The fourth-order valence-corrected chi connectivity index (χ4v) is 1.41. The lowest BCUT2D eigenvalue weighted by atomic mass is 9.98. The maximum Gasteiger partial charge on any atom is 0.196 e. The number of hydrogen-bond acceptors (Lipinski definition) is 4. The average Bonchev–Trinajstić information content (AvgIpc) is 2.77. The van der Waals surface area contributed by atoms with E-state index in [2.05, 4.69) is 0 Å². The number of carbonyl (C=O) groups excluding carboxylic acids is 2. The fraction of sp³-hybridized carbons (Fsp3) is 0.667. The van der Waals surface area contributed by atoms with Crippen LogP contribution in [-0.2, 0) is 19.1 Å². The van der Waals surface area contributed by atoms with Gasteiger partial charge in [-0.3, -0.25) is 9.59 Å². The maximum atomic E-state index is 11.0. The molecule has 2 heterocycles. The lowest BCUT2D eigenvalue weighted by Gasteiger charge is -1.94. The number of ether oxygens (including phenoxy) is 2. The van der Waals surface area contributed by atoms with Gasteiger partial charge in [0.1, 0.15) is 0 Å². The average molecular weight is 140 g/mol. The van der Waals surface area contributed by atoms with Crippen molar-refractivity contribution in [3.8, 4) is 0 Å². The van der Waals surface area contributed by atoms with Crippen LogP contribution in [-0.4, -0.2) is 36.0 Å². The van der Waals surface area contributed by atoms with Crippen molar-refractivity contribution in [1.82, 2.24) is 0 Å². The number of fused-ring (bicyclic) bond motifs is 2. The van der Waals surface area contributed by atoms with Gasteiger partial charge in [-0.15, -0.1) is 0 Å². The van der Waals surface area contributed by atoms with Gasteiger partial charge in [0.25, 0.3) is 0 Å². The molecule has 0 aromatic carbocycles. The normalized spacial score (nSPS) is 55.6. The molecule has 0 aromatic rings. The summed E-state index contributed by atoms with van der Waals surface area (Å²) >= 11 is 0. The Labute approximate surface area is 56.1 Å². The zero-order valence-corrected chi connectivity index (χ0v) is 4.94. The van der Waals surface area contributed by atoms with E-state index in [0.717, 1.165) is 0 Å². The molecule has 1 saturated carbocycles. The minimum Gasteiger partial charge on any atom is -0.353 e. The SMILES string of the molecule is O=C1C2OC2C(=O)C2OC12. The van der Waals surface area contributed by atoms with Gasteiger partial charge >= 0.3 is 0 Å². The largest absolute Gasteiger partial charge is 0.353 e. The lowest BCUT2D eigenvalue weighted by molar-refractivity contribution is -0.124. The summed E-state index contributed by atoms with van der Waals surface area (Å²) < 4.78 is 9.65. The Kier molecular flexibility index (Phi) is 0.585. The van der Waals surface area contributed by atoms with Crippen molar-refractivity contribution < 1.29 is 19.1 Å². The van der Waals surface area contributed by atoms with Gasteiger partial charge in [-0.05, 0) is 0 Å². The van der Waals surface area contributed by atoms with Crippen LogP contribution in [0.3, 0.4) is 0 Å². The Hall–Kier alpha value is -0.740. The van der Waals surface area contributed by atoms with Gasteiger partial charge < -0.3 is 9.47 Å². The minimum atomic E-state index is -0.448. The zero-order chi connectivity index (χ0) is 6.88. The molecule has 3 aliphatic rings. The molecule has 0 radical (unpaired) electrons. The van der Waals surface area contributed by atoms with Gasteiger partial charge in [0.15, 0.2) is 36.0 Å². The number of rotatable bonds is 0. The predicted octanol–water partition coefficient (Wildman–Crippen LogP) is -1.33. The highest BCUT2D eigenvalue weighted by atomic mass is 16.6. The second-order valence-corrected chi connectivity index (χ2v) is 2.76. The molecule has 1 aliphatic carbocycles. The minimum absolute atomic E-state index is 0.0467. The van der Waals surface area contributed by atoms with Crippen LogP contribution in [0.25, 0.3) is 0 Å². The van der Waals surface area contributed by atoms with Crippen LogP contribution in [0, 0.1) is 0 Å². The van der Waals surface area contributed by atoms with Gasteiger partial charge in [0, 0.05) is 0 Å². The topological polar surface area (TPSA) is 59.2 Å². The van der Waals surface area contributed by atoms with Crippen LogP contribution in [0.1, 0.15) is 0 Å². The summed E-state index contributed by atoms with van der Waals surface area (Å²) in [6.07, 6.45) is -1.79. The fourth-order valence-electron chi connectivity index (χ4n) is 1.41. The standard InChI is InChI=1S/C6H4O4/c7-1-3-5(9-3)2(8)6-4(1)10-6/h3-6H. The number of epoxide rings is 2. The maximum absolute atomic E-state index is 11.0. The monoisotopic (exact) mass is 140 g/mol. The first-order valence-corrected chi connectivity index (χ1v) is 3.17. The summed E-state index contributed by atoms with van der Waals surface area (Å²) in [4.78, 5) is 21.9. The summed E-state index contributed by atoms with van der Waals surface area (Å²) in [5.74, 6) is -0.0933. The van der Waals surface area contributed by atoms with Crippen LogP contribution in [0.5, 0.6) is 0 Å². The molecular formula is C6H4O4. The third-order valence-electron chi connectivity index (χ3n) is 2.10. The summed E-state index contributed by atoms with van der Waals surface area (Å²) in [5.41, 5.74) is 0. The Morgan fingerprint density at radius 3 is 1.40 bits per heavy atom. The lowest BCUT2D eigenvalue weighted by Crippen LogP contribution is -2.31. The van der Waals surface area contributed by atoms with Crippen LogP contribution in [0.15, 0.2) is 0 Å². The molecule has 10 heavy (non-hydrogen) atoms. The van der Waals surface area contributed by atoms with Crippen molar-refractivity contribution in [2.24, 2.45) is 0 Å². The third kappa shape index (κ3) is 0.383. The highest BCUT2D eigenvalue weighted by Crippen LogP contribution is 2.41. The van der Waals surface area contributed by atoms with Gasteiger partial charge in [-0.1, -0.05) is 0 Å². The van der Waals surface area contributed by atoms with Crippen LogP contribution >= 0.6 is 0 Å². The van der Waals surface area contributed by atoms with E-state index in [0.29, 0.717) is 0 Å². The number of Topliss-reactive ketones (excluding diaryl/α,β-unsaturated/α-hetero) is 2. The third-order valence-corrected chi connectivity index (χ3v) is 2.10. The van der Waals surface area contributed by atoms with Crippen molar-refractivity contribution in [3.63, 3.8) is 0 Å². The molecule has 0 spiro atoms. The van der Waals surface area contributed by atoms with Crippen molar-refractivity contribution in [3.05, 3.63) is 0 Å². The molecule has 0 amide bonds. The van der Waals surface area contributed by atoms with Crippen molar-refractivity contribution in [2.75, 3.05) is 0 Å². The second-order valence-electron chi connectivity index (χ2n) is 2.76. The van der Waals surface area contributed by atoms with Gasteiger partial charge in [-0.2, -0.15) is 0 Å². The van der Waals surface area contributed by atoms with Crippen LogP contribution < -0.4 is 0 Å². The highest BCUT2D eigenvalue weighted by molar-refractivity contribution is 6.11. The molecule has 52 valence electrons. The zero-order valence-electron chi connectivity index (χ0n) is 4.94. The summed E-state index contributed by atoms with van der Waals surface area (Å²) in [7, 11) is 0. The van der Waals surface area contributed by atoms with E-state index >= 15 is 0 Å². The molecule has 0 N–H and O–H groups in total. The molecule has 3 fully saturated rings. The molecule has 4 unspecified atom stereocenters. The van der Waals surface area contributed by atoms with E-state index in [-0.39, 0.29) is 11.6 Å². The number of ketones is 2. The smallest absolute Gasteiger partial charge is 0.196 e. The van der Waals surface area contributed by atoms with Crippen molar-refractivity contribution in [1.29, 1.82) is 0 Å². The molecule has 0 aromatic heterocycles. The quantitative estimate of drug-likeness (QED) is 0.391. The Bertz CT molecular complexity index is 200. The van der Waals surface area contributed by atoms with E-state index in [1.807, 2.05) is 0 Å². The Morgan fingerprint density at radius 2 is 1.10 bits per heavy atom. The molecule has 4 nitrogen and oxygen atoms in total. The van der Waals surface area contributed by atoms with Gasteiger partial charge in [-0.25, -0.2) is 0 Å². The molecule has 4 atom stereocenters. The molecule has 4 heteroatoms. The Morgan fingerprint density at radius 1 is 0.800 bits per heavy atom. The predicted molar refractivity (Wildman–Crippen MR) is 27.3 cm³/mol. The first-order valence-electron chi connectivity index (χ1n) is 3.17. The summed E-state index contributed by atoms with van der Waals surface area (Å²) in [5, 5.41) is 0. The van der Waals surface area contributed by atoms with E-state index in [9.17, 15) is 9.59 Å². The number of hydrogen-bond donors (Lipinski definition) is 0. The van der Waals surface area contributed by atoms with Gasteiger partial charge in [0.05, 0.1) is 0 Å².